The van der Waals surface area contributed by atoms with Crippen molar-refractivity contribution in [2.24, 2.45) is 0 Å². The van der Waals surface area contributed by atoms with Crippen LogP contribution in [0.5, 0.6) is 0 Å². The van der Waals surface area contributed by atoms with E-state index < -0.39 is 11.6 Å². The summed E-state index contributed by atoms with van der Waals surface area (Å²) in [5.74, 6) is -1.03. The van der Waals surface area contributed by atoms with Gasteiger partial charge in [0.1, 0.15) is 11.6 Å². The quantitative estimate of drug-likeness (QED) is 0.701. The van der Waals surface area contributed by atoms with Crippen molar-refractivity contribution in [3.8, 4) is 0 Å². The minimum atomic E-state index is -0.547. The molecule has 0 bridgehead atoms. The number of nitrogen functional groups attached to an aromatic ring is 1. The highest BCUT2D eigenvalue weighted by atomic mass is 79.9. The molecule has 0 spiro atoms. The number of rotatable bonds is 2. The van der Waals surface area contributed by atoms with E-state index in [9.17, 15) is 8.78 Å². The summed E-state index contributed by atoms with van der Waals surface area (Å²) >= 11 is 14.8. The molecule has 3 N–H and O–H groups in total. The molecule has 0 radical (unpaired) electrons. The number of benzene rings is 2. The van der Waals surface area contributed by atoms with Crippen LogP contribution in [0.25, 0.3) is 0 Å². The van der Waals surface area contributed by atoms with Crippen molar-refractivity contribution in [2.45, 2.75) is 0 Å². The Labute approximate surface area is 126 Å². The van der Waals surface area contributed by atoms with Crippen molar-refractivity contribution in [3.05, 3.63) is 50.4 Å². The lowest BCUT2D eigenvalue weighted by atomic mass is 10.2. The molecule has 2 aromatic rings. The standard InChI is InChI=1S/C12H7BrCl2F2N2/c13-6-3-11(10(18)4-9(6)17)19-12-7(14)1-5(16)2-8(12)15/h1-4,19H,18H2. The molecule has 0 aliphatic carbocycles. The van der Waals surface area contributed by atoms with Gasteiger partial charge in [0, 0.05) is 6.07 Å². The van der Waals surface area contributed by atoms with Crippen LogP contribution in [0.3, 0.4) is 0 Å². The normalized spacial score (nSPS) is 10.6. The highest BCUT2D eigenvalue weighted by Gasteiger charge is 2.12. The van der Waals surface area contributed by atoms with Gasteiger partial charge in [-0.1, -0.05) is 23.2 Å². The van der Waals surface area contributed by atoms with Crippen LogP contribution < -0.4 is 11.1 Å². The van der Waals surface area contributed by atoms with E-state index in [-0.39, 0.29) is 20.2 Å². The van der Waals surface area contributed by atoms with E-state index >= 15 is 0 Å². The molecule has 2 rings (SSSR count). The third kappa shape index (κ3) is 3.11. The van der Waals surface area contributed by atoms with Crippen LogP contribution in [0.2, 0.25) is 10.0 Å². The molecule has 0 saturated heterocycles. The fourth-order valence-electron chi connectivity index (χ4n) is 1.47. The summed E-state index contributed by atoms with van der Waals surface area (Å²) in [6, 6.07) is 4.83. The molecule has 100 valence electrons. The van der Waals surface area contributed by atoms with Crippen molar-refractivity contribution in [3.63, 3.8) is 0 Å². The first-order valence-corrected chi connectivity index (χ1v) is 6.59. The molecule has 0 saturated carbocycles. The number of hydrogen-bond acceptors (Lipinski definition) is 2. The zero-order chi connectivity index (χ0) is 14.2. The molecule has 0 atom stereocenters. The number of anilines is 3. The predicted octanol–water partition coefficient (Wildman–Crippen LogP) is 5.36. The van der Waals surface area contributed by atoms with E-state index in [2.05, 4.69) is 21.2 Å². The minimum absolute atomic E-state index is 0.102. The Balaban J connectivity index is 2.45. The average Bonchev–Trinajstić information content (AvgIpc) is 2.29. The second kappa shape index (κ2) is 5.53. The second-order valence-corrected chi connectivity index (χ2v) is 5.39. The Morgan fingerprint density at radius 2 is 1.63 bits per heavy atom. The summed E-state index contributed by atoms with van der Waals surface area (Å²) in [5.41, 5.74) is 6.57. The van der Waals surface area contributed by atoms with Gasteiger partial charge in [0.15, 0.2) is 0 Å². The van der Waals surface area contributed by atoms with Gasteiger partial charge in [-0.2, -0.15) is 0 Å². The lowest BCUT2D eigenvalue weighted by Crippen LogP contribution is -1.99. The lowest BCUT2D eigenvalue weighted by Gasteiger charge is -2.13. The van der Waals surface area contributed by atoms with Gasteiger partial charge in [-0.3, -0.25) is 0 Å². The first kappa shape index (κ1) is 14.4. The van der Waals surface area contributed by atoms with E-state index in [1.54, 1.807) is 0 Å². The van der Waals surface area contributed by atoms with E-state index in [4.69, 9.17) is 28.9 Å². The van der Waals surface area contributed by atoms with Crippen molar-refractivity contribution >= 4 is 56.2 Å². The Morgan fingerprint density at radius 1 is 1.05 bits per heavy atom. The third-order valence-electron chi connectivity index (χ3n) is 2.36. The van der Waals surface area contributed by atoms with Crippen molar-refractivity contribution in [1.29, 1.82) is 0 Å². The van der Waals surface area contributed by atoms with Crippen molar-refractivity contribution in [2.75, 3.05) is 11.1 Å². The number of nitrogens with one attached hydrogen (secondary N) is 1. The van der Waals surface area contributed by atoms with Gasteiger partial charge >= 0.3 is 0 Å². The van der Waals surface area contributed by atoms with Crippen LogP contribution in [-0.4, -0.2) is 0 Å². The van der Waals surface area contributed by atoms with Gasteiger partial charge in [-0.15, -0.1) is 0 Å². The summed E-state index contributed by atoms with van der Waals surface area (Å²) in [6.07, 6.45) is 0. The molecule has 7 heteroatoms. The molecular formula is C12H7BrCl2F2N2. The zero-order valence-corrected chi connectivity index (χ0v) is 12.4. The van der Waals surface area contributed by atoms with E-state index in [0.717, 1.165) is 18.2 Å². The third-order valence-corrected chi connectivity index (χ3v) is 3.56. The second-order valence-electron chi connectivity index (χ2n) is 3.72. The molecule has 0 unspecified atom stereocenters. The highest BCUT2D eigenvalue weighted by Crippen LogP contribution is 2.36. The summed E-state index contributed by atoms with van der Waals surface area (Å²) in [6.45, 7) is 0. The molecule has 19 heavy (non-hydrogen) atoms. The number of hydrogen-bond donors (Lipinski definition) is 2. The number of halogens is 5. The molecule has 0 aromatic heterocycles. The summed E-state index contributed by atoms with van der Waals surface area (Å²) in [7, 11) is 0. The molecule has 0 aliphatic heterocycles. The summed E-state index contributed by atoms with van der Waals surface area (Å²) in [5, 5.41) is 3.06. The van der Waals surface area contributed by atoms with Gasteiger partial charge in [-0.05, 0) is 34.1 Å². The minimum Gasteiger partial charge on any atom is -0.397 e. The summed E-state index contributed by atoms with van der Waals surface area (Å²) in [4.78, 5) is 0. The largest absolute Gasteiger partial charge is 0.397 e. The maximum absolute atomic E-state index is 13.3. The fourth-order valence-corrected chi connectivity index (χ4v) is 2.37. The molecule has 2 nitrogen and oxygen atoms in total. The fraction of sp³-hybridized carbons (Fsp3) is 0. The average molecular weight is 368 g/mol. The first-order valence-electron chi connectivity index (χ1n) is 5.04. The molecule has 0 heterocycles. The smallest absolute Gasteiger partial charge is 0.139 e. The maximum atomic E-state index is 13.3. The predicted molar refractivity (Wildman–Crippen MR) is 78.2 cm³/mol. The van der Waals surface area contributed by atoms with Gasteiger partial charge in [-0.25, -0.2) is 8.78 Å². The Hall–Kier alpha value is -1.04. The Morgan fingerprint density at radius 3 is 2.21 bits per heavy atom. The molecule has 0 amide bonds. The zero-order valence-electron chi connectivity index (χ0n) is 9.28. The van der Waals surface area contributed by atoms with Crippen LogP contribution in [0.1, 0.15) is 0 Å². The van der Waals surface area contributed by atoms with Crippen LogP contribution >= 0.6 is 39.1 Å². The van der Waals surface area contributed by atoms with Crippen LogP contribution in [0.4, 0.5) is 25.8 Å². The monoisotopic (exact) mass is 366 g/mol. The Bertz CT molecular complexity index is 627. The van der Waals surface area contributed by atoms with E-state index in [1.807, 2.05) is 0 Å². The molecule has 0 aliphatic rings. The van der Waals surface area contributed by atoms with Gasteiger partial charge in [0.05, 0.1) is 31.6 Å². The lowest BCUT2D eigenvalue weighted by molar-refractivity contribution is 0.622. The molecule has 2 aromatic carbocycles. The van der Waals surface area contributed by atoms with Crippen molar-refractivity contribution in [1.82, 2.24) is 0 Å². The number of nitrogens with two attached hydrogens (primary N) is 1. The van der Waals surface area contributed by atoms with Gasteiger partial charge < -0.3 is 11.1 Å². The maximum Gasteiger partial charge on any atom is 0.139 e. The van der Waals surface area contributed by atoms with Crippen LogP contribution in [0, 0.1) is 11.6 Å². The topological polar surface area (TPSA) is 38.0 Å². The van der Waals surface area contributed by atoms with Gasteiger partial charge in [0.2, 0.25) is 0 Å². The molecule has 0 fully saturated rings. The van der Waals surface area contributed by atoms with E-state index in [1.165, 1.54) is 6.07 Å². The SMILES string of the molecule is Nc1cc(F)c(Br)cc1Nc1c(Cl)cc(F)cc1Cl. The Kier molecular flexibility index (Phi) is 4.18. The van der Waals surface area contributed by atoms with Gasteiger partial charge in [0.25, 0.3) is 0 Å². The van der Waals surface area contributed by atoms with Crippen molar-refractivity contribution < 1.29 is 8.78 Å². The molecular weight excluding hydrogens is 361 g/mol. The first-order chi connectivity index (χ1) is 8.88. The van der Waals surface area contributed by atoms with E-state index in [0.29, 0.717) is 11.4 Å². The van der Waals surface area contributed by atoms with Crippen LogP contribution in [0.15, 0.2) is 28.7 Å². The van der Waals surface area contributed by atoms with Crippen LogP contribution in [-0.2, 0) is 0 Å². The summed E-state index contributed by atoms with van der Waals surface area (Å²) < 4.78 is 26.6. The highest BCUT2D eigenvalue weighted by molar-refractivity contribution is 9.10.